The molecule has 0 N–H and O–H groups in total. The molecule has 0 aliphatic carbocycles. The second kappa shape index (κ2) is 9.55. The average Bonchev–Trinajstić information content (AvgIpc) is 3.51. The number of aryl methyl sites for hydroxylation is 6. The molecule has 7 rings (SSSR count). The summed E-state index contributed by atoms with van der Waals surface area (Å²) in [6, 6.07) is 24.4. The van der Waals surface area contributed by atoms with E-state index in [4.69, 9.17) is 21.6 Å². The lowest BCUT2D eigenvalue weighted by atomic mass is 9.98. The maximum atomic E-state index is 6.57. The molecule has 0 saturated carbocycles. The van der Waals surface area contributed by atoms with Crippen molar-refractivity contribution in [3.8, 4) is 0 Å². The van der Waals surface area contributed by atoms with Crippen molar-refractivity contribution in [2.45, 2.75) is 39.5 Å². The standard InChI is InChI=1S/C34H29ClN4/c1-22-20-38-13-11-28-16-24(7-9-31(28)33(38)36-22)3-5-26-15-27(19-30(35)18-26)6-4-25-8-10-32-29(17-25)12-14-39-21-23(2)37-34(32)39/h7-21H,3-6H2,1-2H3. The van der Waals surface area contributed by atoms with Crippen LogP contribution in [0, 0.1) is 13.8 Å². The highest BCUT2D eigenvalue weighted by Gasteiger charge is 2.08. The summed E-state index contributed by atoms with van der Waals surface area (Å²) < 4.78 is 4.20. The van der Waals surface area contributed by atoms with E-state index in [1.54, 1.807) is 0 Å². The smallest absolute Gasteiger partial charge is 0.144 e. The molecule has 4 aromatic heterocycles. The van der Waals surface area contributed by atoms with Gasteiger partial charge in [-0.15, -0.1) is 0 Å². The number of imidazole rings is 2. The summed E-state index contributed by atoms with van der Waals surface area (Å²) in [4.78, 5) is 9.39. The van der Waals surface area contributed by atoms with Gasteiger partial charge >= 0.3 is 0 Å². The first-order chi connectivity index (χ1) is 19.0. The van der Waals surface area contributed by atoms with Gasteiger partial charge in [0, 0.05) is 40.6 Å². The average molecular weight is 529 g/mol. The normalized spacial score (nSPS) is 11.9. The number of fused-ring (bicyclic) bond motifs is 6. The molecule has 0 radical (unpaired) electrons. The van der Waals surface area contributed by atoms with E-state index in [9.17, 15) is 0 Å². The quantitative estimate of drug-likeness (QED) is 0.218. The van der Waals surface area contributed by atoms with E-state index in [0.29, 0.717) is 0 Å². The molecule has 0 bridgehead atoms. The summed E-state index contributed by atoms with van der Waals surface area (Å²) in [5.74, 6) is 0. The van der Waals surface area contributed by atoms with Crippen molar-refractivity contribution in [2.24, 2.45) is 0 Å². The molecule has 0 spiro atoms. The summed E-state index contributed by atoms with van der Waals surface area (Å²) in [6.45, 7) is 4.07. The Morgan fingerprint density at radius 3 is 1.51 bits per heavy atom. The number of aromatic nitrogens is 4. The highest BCUT2D eigenvalue weighted by Crippen LogP contribution is 2.25. The van der Waals surface area contributed by atoms with Crippen LogP contribution in [-0.2, 0) is 25.7 Å². The number of benzene rings is 3. The van der Waals surface area contributed by atoms with Gasteiger partial charge in [0.05, 0.1) is 11.4 Å². The van der Waals surface area contributed by atoms with Crippen molar-refractivity contribution in [3.63, 3.8) is 0 Å². The van der Waals surface area contributed by atoms with Crippen molar-refractivity contribution >= 4 is 44.4 Å². The fourth-order valence-electron chi connectivity index (χ4n) is 5.78. The molecule has 0 aliphatic heterocycles. The van der Waals surface area contributed by atoms with Crippen LogP contribution in [0.2, 0.25) is 5.02 Å². The molecule has 7 aromatic rings. The second-order valence-electron chi connectivity index (χ2n) is 10.7. The van der Waals surface area contributed by atoms with Gasteiger partial charge in [0.15, 0.2) is 0 Å². The summed E-state index contributed by atoms with van der Waals surface area (Å²) >= 11 is 6.57. The van der Waals surface area contributed by atoms with Crippen molar-refractivity contribution in [1.29, 1.82) is 0 Å². The molecule has 4 nitrogen and oxygen atoms in total. The number of halogens is 1. The molecule has 0 fully saturated rings. The second-order valence-corrected chi connectivity index (χ2v) is 11.1. The molecule has 4 heterocycles. The maximum absolute atomic E-state index is 6.57. The summed E-state index contributed by atoms with van der Waals surface area (Å²) in [7, 11) is 0. The maximum Gasteiger partial charge on any atom is 0.144 e. The zero-order valence-electron chi connectivity index (χ0n) is 22.2. The van der Waals surface area contributed by atoms with E-state index in [0.717, 1.165) is 53.4 Å². The molecular weight excluding hydrogens is 500 g/mol. The predicted octanol–water partition coefficient (Wildman–Crippen LogP) is 8.13. The summed E-state index contributed by atoms with van der Waals surface area (Å²) in [6.07, 6.45) is 12.2. The van der Waals surface area contributed by atoms with Crippen LogP contribution >= 0.6 is 11.6 Å². The molecule has 39 heavy (non-hydrogen) atoms. The molecular formula is C34H29ClN4. The minimum absolute atomic E-state index is 0.814. The Labute approximate surface area is 232 Å². The van der Waals surface area contributed by atoms with Gasteiger partial charge < -0.3 is 8.80 Å². The lowest BCUT2D eigenvalue weighted by Gasteiger charge is -2.09. The fourth-order valence-corrected chi connectivity index (χ4v) is 6.06. The molecule has 0 atom stereocenters. The molecule has 192 valence electrons. The van der Waals surface area contributed by atoms with E-state index in [-0.39, 0.29) is 0 Å². The lowest BCUT2D eigenvalue weighted by molar-refractivity contribution is 0.932. The first-order valence-corrected chi connectivity index (χ1v) is 13.9. The largest absolute Gasteiger partial charge is 0.306 e. The van der Waals surface area contributed by atoms with Gasteiger partial charge in [-0.3, -0.25) is 0 Å². The molecule has 0 aliphatic rings. The van der Waals surface area contributed by atoms with Crippen molar-refractivity contribution in [3.05, 3.63) is 130 Å². The zero-order chi connectivity index (χ0) is 26.5. The third-order valence-electron chi connectivity index (χ3n) is 7.67. The molecule has 0 saturated heterocycles. The predicted molar refractivity (Wildman–Crippen MR) is 161 cm³/mol. The Kier molecular flexibility index (Phi) is 5.86. The van der Waals surface area contributed by atoms with Crippen LogP contribution in [0.25, 0.3) is 32.8 Å². The van der Waals surface area contributed by atoms with Crippen LogP contribution in [0.5, 0.6) is 0 Å². The Hall–Kier alpha value is -4.15. The van der Waals surface area contributed by atoms with E-state index < -0.39 is 0 Å². The molecule has 0 unspecified atom stereocenters. The van der Waals surface area contributed by atoms with Crippen LogP contribution in [0.1, 0.15) is 33.6 Å². The van der Waals surface area contributed by atoms with Crippen molar-refractivity contribution < 1.29 is 0 Å². The summed E-state index contributed by atoms with van der Waals surface area (Å²) in [5.41, 5.74) is 9.34. The van der Waals surface area contributed by atoms with E-state index in [1.165, 1.54) is 43.8 Å². The Morgan fingerprint density at radius 2 is 1.03 bits per heavy atom. The van der Waals surface area contributed by atoms with Crippen LogP contribution in [0.3, 0.4) is 0 Å². The van der Waals surface area contributed by atoms with Crippen molar-refractivity contribution in [2.75, 3.05) is 0 Å². The van der Waals surface area contributed by atoms with E-state index in [2.05, 4.69) is 100 Å². The SMILES string of the molecule is Cc1cn2ccc3cc(CCc4cc(Cl)cc(CCc5ccc6c(ccn7cc(C)nc67)c5)c4)ccc3c2n1. The third-order valence-corrected chi connectivity index (χ3v) is 7.89. The van der Waals surface area contributed by atoms with Crippen LogP contribution in [-0.4, -0.2) is 18.8 Å². The fraction of sp³-hybridized carbons (Fsp3) is 0.176. The van der Waals surface area contributed by atoms with Gasteiger partial charge in [-0.2, -0.15) is 0 Å². The van der Waals surface area contributed by atoms with Crippen LogP contribution in [0.15, 0.2) is 91.5 Å². The van der Waals surface area contributed by atoms with Gasteiger partial charge in [-0.25, -0.2) is 9.97 Å². The molecule has 3 aromatic carbocycles. The first-order valence-electron chi connectivity index (χ1n) is 13.5. The van der Waals surface area contributed by atoms with Gasteiger partial charge in [0.1, 0.15) is 11.3 Å². The van der Waals surface area contributed by atoms with Gasteiger partial charge in [0.2, 0.25) is 0 Å². The number of pyridine rings is 2. The molecule has 5 heteroatoms. The van der Waals surface area contributed by atoms with Crippen molar-refractivity contribution in [1.82, 2.24) is 18.8 Å². The number of rotatable bonds is 6. The van der Waals surface area contributed by atoms with Gasteiger partial charge in [0.25, 0.3) is 0 Å². The highest BCUT2D eigenvalue weighted by atomic mass is 35.5. The van der Waals surface area contributed by atoms with E-state index >= 15 is 0 Å². The number of hydrogen-bond donors (Lipinski definition) is 0. The summed E-state index contributed by atoms with van der Waals surface area (Å²) in [5, 5.41) is 5.66. The minimum atomic E-state index is 0.814. The van der Waals surface area contributed by atoms with Gasteiger partial charge in [-0.05, 0) is 96.8 Å². The monoisotopic (exact) mass is 528 g/mol. The topological polar surface area (TPSA) is 34.6 Å². The van der Waals surface area contributed by atoms with E-state index in [1.807, 2.05) is 13.8 Å². The van der Waals surface area contributed by atoms with Gasteiger partial charge in [-0.1, -0.05) is 54.1 Å². The third kappa shape index (κ3) is 4.66. The Balaban J connectivity index is 1.06. The van der Waals surface area contributed by atoms with Crippen LogP contribution < -0.4 is 0 Å². The number of hydrogen-bond acceptors (Lipinski definition) is 2. The zero-order valence-corrected chi connectivity index (χ0v) is 22.9. The minimum Gasteiger partial charge on any atom is -0.306 e. The lowest BCUT2D eigenvalue weighted by Crippen LogP contribution is -1.96. The highest BCUT2D eigenvalue weighted by molar-refractivity contribution is 6.30. The molecule has 0 amide bonds. The Bertz CT molecular complexity index is 1870. The number of nitrogens with zero attached hydrogens (tertiary/aromatic N) is 4. The Morgan fingerprint density at radius 1 is 0.564 bits per heavy atom. The first kappa shape index (κ1) is 23.9. The van der Waals surface area contributed by atoms with Crippen LogP contribution in [0.4, 0.5) is 0 Å².